The fourth-order valence-electron chi connectivity index (χ4n) is 1.90. The van der Waals surface area contributed by atoms with Crippen LogP contribution in [0.2, 0.25) is 0 Å². The lowest BCUT2D eigenvalue weighted by atomic mass is 10.1. The fraction of sp³-hybridized carbons (Fsp3) is 0.643. The molecule has 0 aliphatic rings. The number of aliphatic hydroxyl groups is 1. The molecule has 0 bridgehead atoms. The third-order valence-electron chi connectivity index (χ3n) is 2.80. The lowest BCUT2D eigenvalue weighted by Crippen LogP contribution is -2.35. The number of aliphatic hydroxyl groups excluding tert-OH is 1. The van der Waals surface area contributed by atoms with Gasteiger partial charge in [-0.2, -0.15) is 0 Å². The second kappa shape index (κ2) is 7.34. The van der Waals surface area contributed by atoms with Crippen molar-refractivity contribution in [3.63, 3.8) is 0 Å². The predicted octanol–water partition coefficient (Wildman–Crippen LogP) is 1.60. The quantitative estimate of drug-likeness (QED) is 0.799. The van der Waals surface area contributed by atoms with Gasteiger partial charge in [-0.05, 0) is 26.1 Å². The molecule has 0 fully saturated rings. The summed E-state index contributed by atoms with van der Waals surface area (Å²) in [7, 11) is 4.15. The zero-order chi connectivity index (χ0) is 13.5. The average molecular weight is 251 g/mol. The van der Waals surface area contributed by atoms with E-state index in [1.165, 1.54) is 0 Å². The predicted molar refractivity (Wildman–Crippen MR) is 75.8 cm³/mol. The topological polar surface area (TPSA) is 39.6 Å². The highest BCUT2D eigenvalue weighted by atomic mass is 16.3. The van der Waals surface area contributed by atoms with Gasteiger partial charge < -0.3 is 14.9 Å². The Kier molecular flexibility index (Phi) is 6.09. The van der Waals surface area contributed by atoms with Gasteiger partial charge in [-0.25, -0.2) is 0 Å². The standard InChI is InChI=1S/C14H25N3O/c1-12(2)10-17(8-7-16(3)4)14-9-15-6-5-13(14)11-18/h5-6,9,12,18H,7-8,10-11H2,1-4H3. The second-order valence-corrected chi connectivity index (χ2v) is 5.31. The molecule has 1 aromatic heterocycles. The third kappa shape index (κ3) is 4.63. The summed E-state index contributed by atoms with van der Waals surface area (Å²) in [4.78, 5) is 8.66. The molecule has 1 N–H and O–H groups in total. The van der Waals surface area contributed by atoms with Gasteiger partial charge in [0.15, 0.2) is 0 Å². The first kappa shape index (κ1) is 14.9. The molecule has 0 aromatic carbocycles. The minimum absolute atomic E-state index is 0.0639. The molecule has 0 aliphatic carbocycles. The maximum absolute atomic E-state index is 9.41. The lowest BCUT2D eigenvalue weighted by Gasteiger charge is -2.29. The van der Waals surface area contributed by atoms with Gasteiger partial charge in [0.2, 0.25) is 0 Å². The van der Waals surface area contributed by atoms with Crippen molar-refractivity contribution < 1.29 is 5.11 Å². The number of pyridine rings is 1. The highest BCUT2D eigenvalue weighted by Gasteiger charge is 2.12. The van der Waals surface area contributed by atoms with Crippen molar-refractivity contribution in [2.75, 3.05) is 38.6 Å². The first-order valence-corrected chi connectivity index (χ1v) is 6.48. The largest absolute Gasteiger partial charge is 0.392 e. The van der Waals surface area contributed by atoms with Crippen molar-refractivity contribution >= 4 is 5.69 Å². The smallest absolute Gasteiger partial charge is 0.0703 e. The van der Waals surface area contributed by atoms with Gasteiger partial charge in [-0.15, -0.1) is 0 Å². The van der Waals surface area contributed by atoms with E-state index in [1.807, 2.05) is 12.3 Å². The molecule has 0 atom stereocenters. The Morgan fingerprint density at radius 2 is 2.00 bits per heavy atom. The van der Waals surface area contributed by atoms with Gasteiger partial charge >= 0.3 is 0 Å². The van der Waals surface area contributed by atoms with E-state index >= 15 is 0 Å². The monoisotopic (exact) mass is 251 g/mol. The normalized spacial score (nSPS) is 11.3. The van der Waals surface area contributed by atoms with Crippen LogP contribution in [0.4, 0.5) is 5.69 Å². The summed E-state index contributed by atoms with van der Waals surface area (Å²) < 4.78 is 0. The Morgan fingerprint density at radius 1 is 1.28 bits per heavy atom. The molecule has 4 nitrogen and oxygen atoms in total. The van der Waals surface area contributed by atoms with E-state index in [2.05, 4.69) is 42.7 Å². The Hall–Kier alpha value is -1.13. The van der Waals surface area contributed by atoms with Crippen LogP contribution in [0.15, 0.2) is 18.5 Å². The second-order valence-electron chi connectivity index (χ2n) is 5.31. The molecule has 0 amide bonds. The van der Waals surface area contributed by atoms with Crippen LogP contribution in [-0.2, 0) is 6.61 Å². The SMILES string of the molecule is CC(C)CN(CCN(C)C)c1cnccc1CO. The molecule has 4 heteroatoms. The number of aromatic nitrogens is 1. The van der Waals surface area contributed by atoms with Gasteiger partial charge in [0.25, 0.3) is 0 Å². The van der Waals surface area contributed by atoms with Gasteiger partial charge in [-0.1, -0.05) is 13.8 Å². The number of hydrogen-bond acceptors (Lipinski definition) is 4. The maximum atomic E-state index is 9.41. The molecular formula is C14H25N3O. The van der Waals surface area contributed by atoms with Crippen LogP contribution in [-0.4, -0.2) is 48.7 Å². The Balaban J connectivity index is 2.86. The van der Waals surface area contributed by atoms with Gasteiger partial charge in [0, 0.05) is 31.4 Å². The van der Waals surface area contributed by atoms with E-state index in [-0.39, 0.29) is 6.61 Å². The number of likely N-dealkylation sites (N-methyl/N-ethyl adjacent to an activating group) is 1. The van der Waals surface area contributed by atoms with E-state index < -0.39 is 0 Å². The zero-order valence-corrected chi connectivity index (χ0v) is 11.9. The Labute approximate surface area is 110 Å². The molecular weight excluding hydrogens is 226 g/mol. The van der Waals surface area contributed by atoms with Crippen LogP contribution in [0.25, 0.3) is 0 Å². The average Bonchev–Trinajstić information content (AvgIpc) is 2.33. The van der Waals surface area contributed by atoms with Crippen LogP contribution in [0, 0.1) is 5.92 Å². The number of hydrogen-bond donors (Lipinski definition) is 1. The molecule has 0 radical (unpaired) electrons. The summed E-state index contributed by atoms with van der Waals surface area (Å²) in [6.45, 7) is 7.40. The molecule has 0 spiro atoms. The minimum Gasteiger partial charge on any atom is -0.392 e. The van der Waals surface area contributed by atoms with Crippen molar-refractivity contribution in [1.29, 1.82) is 0 Å². The summed E-state index contributed by atoms with van der Waals surface area (Å²) in [5.74, 6) is 0.582. The Morgan fingerprint density at radius 3 is 2.56 bits per heavy atom. The fourth-order valence-corrected chi connectivity index (χ4v) is 1.90. The van der Waals surface area contributed by atoms with Gasteiger partial charge in [0.1, 0.15) is 0 Å². The summed E-state index contributed by atoms with van der Waals surface area (Å²) in [6, 6.07) is 1.89. The van der Waals surface area contributed by atoms with Crippen molar-refractivity contribution in [3.8, 4) is 0 Å². The van der Waals surface area contributed by atoms with Gasteiger partial charge in [0.05, 0.1) is 18.5 Å². The molecule has 1 heterocycles. The van der Waals surface area contributed by atoms with Crippen LogP contribution in [0.1, 0.15) is 19.4 Å². The van der Waals surface area contributed by atoms with E-state index in [0.29, 0.717) is 5.92 Å². The first-order valence-electron chi connectivity index (χ1n) is 6.48. The van der Waals surface area contributed by atoms with Crippen LogP contribution >= 0.6 is 0 Å². The van der Waals surface area contributed by atoms with Crippen LogP contribution in [0.3, 0.4) is 0 Å². The number of rotatable bonds is 7. The van der Waals surface area contributed by atoms with E-state index in [4.69, 9.17) is 0 Å². The van der Waals surface area contributed by atoms with Crippen LogP contribution < -0.4 is 4.90 Å². The van der Waals surface area contributed by atoms with E-state index in [0.717, 1.165) is 30.9 Å². The molecule has 102 valence electrons. The molecule has 0 aliphatic heterocycles. The van der Waals surface area contributed by atoms with Crippen molar-refractivity contribution in [2.24, 2.45) is 5.92 Å². The molecule has 1 aromatic rings. The maximum Gasteiger partial charge on any atom is 0.0703 e. The summed E-state index contributed by atoms with van der Waals surface area (Å²) in [5.41, 5.74) is 2.00. The number of anilines is 1. The summed E-state index contributed by atoms with van der Waals surface area (Å²) in [5, 5.41) is 9.41. The molecule has 1 rings (SSSR count). The highest BCUT2D eigenvalue weighted by molar-refractivity contribution is 5.51. The first-order chi connectivity index (χ1) is 8.54. The van der Waals surface area contributed by atoms with E-state index in [9.17, 15) is 5.11 Å². The summed E-state index contributed by atoms with van der Waals surface area (Å²) in [6.07, 6.45) is 3.58. The molecule has 0 saturated heterocycles. The summed E-state index contributed by atoms with van der Waals surface area (Å²) >= 11 is 0. The molecule has 0 unspecified atom stereocenters. The third-order valence-corrected chi connectivity index (χ3v) is 2.80. The van der Waals surface area contributed by atoms with Crippen LogP contribution in [0.5, 0.6) is 0 Å². The zero-order valence-electron chi connectivity index (χ0n) is 11.9. The highest BCUT2D eigenvalue weighted by Crippen LogP contribution is 2.20. The number of nitrogens with zero attached hydrogens (tertiary/aromatic N) is 3. The van der Waals surface area contributed by atoms with Crippen molar-refractivity contribution in [3.05, 3.63) is 24.0 Å². The molecule has 18 heavy (non-hydrogen) atoms. The van der Waals surface area contributed by atoms with Gasteiger partial charge in [-0.3, -0.25) is 4.98 Å². The van der Waals surface area contributed by atoms with Crippen molar-refractivity contribution in [1.82, 2.24) is 9.88 Å². The van der Waals surface area contributed by atoms with E-state index in [1.54, 1.807) is 6.20 Å². The molecule has 0 saturated carbocycles. The van der Waals surface area contributed by atoms with Crippen molar-refractivity contribution in [2.45, 2.75) is 20.5 Å². The minimum atomic E-state index is 0.0639. The Bertz CT molecular complexity index is 353. The lowest BCUT2D eigenvalue weighted by molar-refractivity contribution is 0.281.